The number of nitrogens with two attached hydrogens (primary N) is 1. The highest BCUT2D eigenvalue weighted by atomic mass is 35.5. The van der Waals surface area contributed by atoms with Gasteiger partial charge in [0.15, 0.2) is 0 Å². The molecule has 0 aliphatic rings. The van der Waals surface area contributed by atoms with E-state index in [4.69, 9.17) is 17.3 Å². The minimum atomic E-state index is 0.544. The van der Waals surface area contributed by atoms with E-state index in [0.29, 0.717) is 6.54 Å². The summed E-state index contributed by atoms with van der Waals surface area (Å²) in [6, 6.07) is 7.73. The van der Waals surface area contributed by atoms with Gasteiger partial charge in [0.25, 0.3) is 0 Å². The Bertz CT molecular complexity index is 264. The van der Waals surface area contributed by atoms with Crippen molar-refractivity contribution in [3.8, 4) is 0 Å². The van der Waals surface area contributed by atoms with E-state index in [0.717, 1.165) is 17.0 Å². The van der Waals surface area contributed by atoms with E-state index >= 15 is 0 Å². The molecule has 2 N–H and O–H groups in total. The molecule has 0 aromatic heterocycles. The summed E-state index contributed by atoms with van der Waals surface area (Å²) in [6.45, 7) is 4.38. The summed E-state index contributed by atoms with van der Waals surface area (Å²) in [5, 5.41) is 0.761. The van der Waals surface area contributed by atoms with Crippen LogP contribution in [0.5, 0.6) is 0 Å². The SMILES string of the molecule is C=C(CN)Cc1ccc(Cl)cc1. The van der Waals surface area contributed by atoms with Crippen LogP contribution in [-0.4, -0.2) is 6.54 Å². The van der Waals surface area contributed by atoms with Crippen LogP contribution in [0.25, 0.3) is 0 Å². The molecule has 0 radical (unpaired) electrons. The van der Waals surface area contributed by atoms with Crippen molar-refractivity contribution in [2.24, 2.45) is 5.73 Å². The molecule has 1 nitrogen and oxygen atoms in total. The summed E-state index contributed by atoms with van der Waals surface area (Å²) in [4.78, 5) is 0. The molecule has 0 heterocycles. The summed E-state index contributed by atoms with van der Waals surface area (Å²) in [6.07, 6.45) is 0.841. The van der Waals surface area contributed by atoms with E-state index in [1.807, 2.05) is 24.3 Å². The molecule has 0 fully saturated rings. The molecule has 1 rings (SSSR count). The van der Waals surface area contributed by atoms with Gasteiger partial charge in [-0.1, -0.05) is 35.9 Å². The van der Waals surface area contributed by atoms with Crippen molar-refractivity contribution in [3.05, 3.63) is 47.0 Å². The van der Waals surface area contributed by atoms with Crippen LogP contribution in [0.3, 0.4) is 0 Å². The molecule has 0 unspecified atom stereocenters. The summed E-state index contributed by atoms with van der Waals surface area (Å²) >= 11 is 5.73. The molecule has 0 spiro atoms. The number of hydrogen-bond donors (Lipinski definition) is 1. The zero-order valence-electron chi connectivity index (χ0n) is 6.89. The van der Waals surface area contributed by atoms with Gasteiger partial charge >= 0.3 is 0 Å². The predicted octanol–water partition coefficient (Wildman–Crippen LogP) is 2.40. The Morgan fingerprint density at radius 3 is 2.42 bits per heavy atom. The normalized spacial score (nSPS) is 9.83. The third-order valence-corrected chi connectivity index (χ3v) is 1.91. The van der Waals surface area contributed by atoms with Gasteiger partial charge < -0.3 is 5.73 Å². The molecule has 0 aliphatic carbocycles. The van der Waals surface area contributed by atoms with Crippen molar-refractivity contribution in [1.29, 1.82) is 0 Å². The largest absolute Gasteiger partial charge is 0.327 e. The summed E-state index contributed by atoms with van der Waals surface area (Å²) in [7, 11) is 0. The molecule has 1 aromatic rings. The average Bonchev–Trinajstić information content (AvgIpc) is 2.09. The molecule has 1 aromatic carbocycles. The van der Waals surface area contributed by atoms with Gasteiger partial charge in [0.1, 0.15) is 0 Å². The van der Waals surface area contributed by atoms with E-state index in [-0.39, 0.29) is 0 Å². The standard InChI is InChI=1S/C10H12ClN/c1-8(7-12)6-9-2-4-10(11)5-3-9/h2-5H,1,6-7,12H2. The van der Waals surface area contributed by atoms with Crippen LogP contribution in [0.1, 0.15) is 5.56 Å². The molecule has 64 valence electrons. The maximum Gasteiger partial charge on any atom is 0.0406 e. The average molecular weight is 182 g/mol. The highest BCUT2D eigenvalue weighted by molar-refractivity contribution is 6.30. The second-order valence-electron chi connectivity index (χ2n) is 2.76. The van der Waals surface area contributed by atoms with Gasteiger partial charge in [0, 0.05) is 11.6 Å². The molecule has 0 aliphatic heterocycles. The van der Waals surface area contributed by atoms with E-state index in [2.05, 4.69) is 6.58 Å². The Balaban J connectivity index is 2.64. The highest BCUT2D eigenvalue weighted by Crippen LogP contribution is 2.11. The number of halogens is 1. The molecular formula is C10H12ClN. The first-order chi connectivity index (χ1) is 5.72. The van der Waals surface area contributed by atoms with E-state index < -0.39 is 0 Å². The summed E-state index contributed by atoms with van der Waals surface area (Å²) in [5.41, 5.74) is 7.67. The Kier molecular flexibility index (Phi) is 3.32. The zero-order valence-corrected chi connectivity index (χ0v) is 7.64. The lowest BCUT2D eigenvalue weighted by atomic mass is 10.1. The van der Waals surface area contributed by atoms with Crippen molar-refractivity contribution in [3.63, 3.8) is 0 Å². The van der Waals surface area contributed by atoms with Gasteiger partial charge in [-0.15, -0.1) is 0 Å². The molecule has 12 heavy (non-hydrogen) atoms. The quantitative estimate of drug-likeness (QED) is 0.713. The molecule has 0 saturated carbocycles. The minimum Gasteiger partial charge on any atom is -0.327 e. The van der Waals surface area contributed by atoms with Crippen molar-refractivity contribution >= 4 is 11.6 Å². The first-order valence-electron chi connectivity index (χ1n) is 3.83. The van der Waals surface area contributed by atoms with Crippen LogP contribution in [0.15, 0.2) is 36.4 Å². The van der Waals surface area contributed by atoms with Gasteiger partial charge in [0.2, 0.25) is 0 Å². The van der Waals surface area contributed by atoms with E-state index in [1.165, 1.54) is 5.56 Å². The van der Waals surface area contributed by atoms with Gasteiger partial charge in [-0.25, -0.2) is 0 Å². The highest BCUT2D eigenvalue weighted by Gasteiger charge is 1.94. The molecule has 0 amide bonds. The smallest absolute Gasteiger partial charge is 0.0406 e. The maximum absolute atomic E-state index is 5.73. The summed E-state index contributed by atoms with van der Waals surface area (Å²) in [5.74, 6) is 0. The maximum atomic E-state index is 5.73. The lowest BCUT2D eigenvalue weighted by Crippen LogP contribution is -2.03. The third-order valence-electron chi connectivity index (χ3n) is 1.66. The number of benzene rings is 1. The van der Waals surface area contributed by atoms with Crippen molar-refractivity contribution in [2.75, 3.05) is 6.54 Å². The second-order valence-corrected chi connectivity index (χ2v) is 3.19. The van der Waals surface area contributed by atoms with Crippen molar-refractivity contribution in [2.45, 2.75) is 6.42 Å². The van der Waals surface area contributed by atoms with Gasteiger partial charge in [-0.3, -0.25) is 0 Å². The van der Waals surface area contributed by atoms with Gasteiger partial charge in [-0.2, -0.15) is 0 Å². The predicted molar refractivity (Wildman–Crippen MR) is 53.4 cm³/mol. The van der Waals surface area contributed by atoms with Crippen LogP contribution in [-0.2, 0) is 6.42 Å². The number of hydrogen-bond acceptors (Lipinski definition) is 1. The Morgan fingerprint density at radius 1 is 1.33 bits per heavy atom. The molecule has 2 heteroatoms. The fourth-order valence-electron chi connectivity index (χ4n) is 0.963. The molecule has 0 atom stereocenters. The second kappa shape index (κ2) is 4.29. The fourth-order valence-corrected chi connectivity index (χ4v) is 1.09. The lowest BCUT2D eigenvalue weighted by molar-refractivity contribution is 1.05. The Labute approximate surface area is 77.8 Å². The molecule has 0 bridgehead atoms. The zero-order chi connectivity index (χ0) is 8.97. The first kappa shape index (κ1) is 9.30. The minimum absolute atomic E-state index is 0.544. The monoisotopic (exact) mass is 181 g/mol. The van der Waals surface area contributed by atoms with Crippen LogP contribution in [0, 0.1) is 0 Å². The van der Waals surface area contributed by atoms with E-state index in [1.54, 1.807) is 0 Å². The Morgan fingerprint density at radius 2 is 1.92 bits per heavy atom. The number of rotatable bonds is 3. The third kappa shape index (κ3) is 2.68. The van der Waals surface area contributed by atoms with Crippen LogP contribution < -0.4 is 5.73 Å². The summed E-state index contributed by atoms with van der Waals surface area (Å²) < 4.78 is 0. The van der Waals surface area contributed by atoms with Crippen molar-refractivity contribution in [1.82, 2.24) is 0 Å². The van der Waals surface area contributed by atoms with E-state index in [9.17, 15) is 0 Å². The molecule has 0 saturated heterocycles. The van der Waals surface area contributed by atoms with Gasteiger partial charge in [0.05, 0.1) is 0 Å². The lowest BCUT2D eigenvalue weighted by Gasteiger charge is -2.01. The van der Waals surface area contributed by atoms with Gasteiger partial charge in [-0.05, 0) is 24.1 Å². The van der Waals surface area contributed by atoms with Crippen LogP contribution in [0.4, 0.5) is 0 Å². The molecular weight excluding hydrogens is 170 g/mol. The van der Waals surface area contributed by atoms with Crippen LogP contribution >= 0.6 is 11.6 Å². The topological polar surface area (TPSA) is 26.0 Å². The Hall–Kier alpha value is -0.790. The van der Waals surface area contributed by atoms with Crippen LogP contribution in [0.2, 0.25) is 5.02 Å². The van der Waals surface area contributed by atoms with Crippen molar-refractivity contribution < 1.29 is 0 Å². The first-order valence-corrected chi connectivity index (χ1v) is 4.21. The fraction of sp³-hybridized carbons (Fsp3) is 0.200.